The smallest absolute Gasteiger partial charge is 0.134 e. The molecular formula is C11H13BrClNO. The van der Waals surface area contributed by atoms with Gasteiger partial charge in [-0.25, -0.2) is 0 Å². The maximum atomic E-state index is 11.1. The van der Waals surface area contributed by atoms with Gasteiger partial charge in [0.05, 0.1) is 0 Å². The summed E-state index contributed by atoms with van der Waals surface area (Å²) in [5, 5.41) is 0. The van der Waals surface area contributed by atoms with Crippen molar-refractivity contribution in [3.05, 3.63) is 34.3 Å². The molecule has 0 heterocycles. The standard InChI is InChI=1S/C11H12BrNO.ClH/c12-10-4-2-1-3-9(10)11(7-13)5-8(14)6-11;/h1-4H,5-7,13H2;1H. The number of hydrogen-bond donors (Lipinski definition) is 1. The fourth-order valence-electron chi connectivity index (χ4n) is 2.04. The molecule has 1 saturated carbocycles. The van der Waals surface area contributed by atoms with Crippen LogP contribution in [-0.2, 0) is 10.2 Å². The maximum absolute atomic E-state index is 11.1. The number of carbonyl (C=O) groups excluding carboxylic acids is 1. The molecule has 4 heteroatoms. The van der Waals surface area contributed by atoms with Crippen LogP contribution in [0.4, 0.5) is 0 Å². The molecule has 1 aromatic carbocycles. The molecule has 2 N–H and O–H groups in total. The van der Waals surface area contributed by atoms with E-state index in [0.717, 1.165) is 4.47 Å². The number of nitrogens with two attached hydrogens (primary N) is 1. The highest BCUT2D eigenvalue weighted by Gasteiger charge is 2.44. The van der Waals surface area contributed by atoms with E-state index in [1.54, 1.807) is 0 Å². The molecule has 82 valence electrons. The molecule has 0 bridgehead atoms. The summed E-state index contributed by atoms with van der Waals surface area (Å²) in [6, 6.07) is 8.00. The minimum absolute atomic E-state index is 0. The number of Topliss-reactive ketones (excluding diaryl/α,β-unsaturated/α-hetero) is 1. The second-order valence-corrected chi connectivity index (χ2v) is 4.71. The van der Waals surface area contributed by atoms with E-state index >= 15 is 0 Å². The van der Waals surface area contributed by atoms with Gasteiger partial charge in [-0.1, -0.05) is 34.1 Å². The average Bonchev–Trinajstić information content (AvgIpc) is 2.14. The molecule has 0 unspecified atom stereocenters. The van der Waals surface area contributed by atoms with Crippen LogP contribution in [0.15, 0.2) is 28.7 Å². The van der Waals surface area contributed by atoms with E-state index < -0.39 is 0 Å². The van der Waals surface area contributed by atoms with E-state index in [2.05, 4.69) is 15.9 Å². The molecule has 1 aliphatic carbocycles. The van der Waals surface area contributed by atoms with E-state index in [0.29, 0.717) is 25.2 Å². The lowest BCUT2D eigenvalue weighted by Crippen LogP contribution is -2.47. The van der Waals surface area contributed by atoms with Gasteiger partial charge in [-0.05, 0) is 11.6 Å². The fourth-order valence-corrected chi connectivity index (χ4v) is 2.74. The van der Waals surface area contributed by atoms with Crippen molar-refractivity contribution < 1.29 is 4.79 Å². The van der Waals surface area contributed by atoms with Crippen LogP contribution in [0.1, 0.15) is 18.4 Å². The highest BCUT2D eigenvalue weighted by atomic mass is 79.9. The molecule has 2 rings (SSSR count). The zero-order valence-corrected chi connectivity index (χ0v) is 10.6. The zero-order valence-electron chi connectivity index (χ0n) is 8.20. The first-order chi connectivity index (χ1) is 6.68. The molecule has 1 fully saturated rings. The average molecular weight is 291 g/mol. The van der Waals surface area contributed by atoms with E-state index in [1.165, 1.54) is 5.56 Å². The summed E-state index contributed by atoms with van der Waals surface area (Å²) < 4.78 is 1.05. The summed E-state index contributed by atoms with van der Waals surface area (Å²) in [5.41, 5.74) is 6.83. The molecule has 0 aromatic heterocycles. The third-order valence-electron chi connectivity index (χ3n) is 2.91. The molecule has 0 amide bonds. The summed E-state index contributed by atoms with van der Waals surface area (Å²) in [7, 11) is 0. The quantitative estimate of drug-likeness (QED) is 0.909. The summed E-state index contributed by atoms with van der Waals surface area (Å²) in [6.45, 7) is 0.543. The van der Waals surface area contributed by atoms with E-state index in [4.69, 9.17) is 5.73 Å². The number of rotatable bonds is 2. The Bertz CT molecular complexity index is 373. The lowest BCUT2D eigenvalue weighted by Gasteiger charge is -2.40. The van der Waals surface area contributed by atoms with Crippen LogP contribution in [-0.4, -0.2) is 12.3 Å². The van der Waals surface area contributed by atoms with Crippen LogP contribution in [0.2, 0.25) is 0 Å². The van der Waals surface area contributed by atoms with Gasteiger partial charge in [0.2, 0.25) is 0 Å². The van der Waals surface area contributed by atoms with Gasteiger partial charge in [-0.15, -0.1) is 12.4 Å². The van der Waals surface area contributed by atoms with E-state index in [9.17, 15) is 4.79 Å². The Hall–Kier alpha value is -0.380. The van der Waals surface area contributed by atoms with Crippen LogP contribution >= 0.6 is 28.3 Å². The molecular weight excluding hydrogens is 277 g/mol. The summed E-state index contributed by atoms with van der Waals surface area (Å²) in [5.74, 6) is 0.311. The van der Waals surface area contributed by atoms with Crippen molar-refractivity contribution in [3.63, 3.8) is 0 Å². The van der Waals surface area contributed by atoms with Crippen molar-refractivity contribution in [1.29, 1.82) is 0 Å². The van der Waals surface area contributed by atoms with Gasteiger partial charge in [0.25, 0.3) is 0 Å². The highest BCUT2D eigenvalue weighted by molar-refractivity contribution is 9.10. The SMILES string of the molecule is Cl.NCC1(c2ccccc2Br)CC(=O)C1. The Morgan fingerprint density at radius 1 is 1.33 bits per heavy atom. The topological polar surface area (TPSA) is 43.1 Å². The molecule has 15 heavy (non-hydrogen) atoms. The molecule has 0 radical (unpaired) electrons. The predicted octanol–water partition coefficient (Wildman–Crippen LogP) is 2.43. The number of ketones is 1. The zero-order chi connectivity index (χ0) is 10.2. The van der Waals surface area contributed by atoms with Crippen molar-refractivity contribution in [2.45, 2.75) is 18.3 Å². The summed E-state index contributed by atoms with van der Waals surface area (Å²) >= 11 is 3.50. The van der Waals surface area contributed by atoms with Crippen molar-refractivity contribution in [1.82, 2.24) is 0 Å². The van der Waals surface area contributed by atoms with E-state index in [-0.39, 0.29) is 17.8 Å². The van der Waals surface area contributed by atoms with Crippen LogP contribution in [0.25, 0.3) is 0 Å². The molecule has 1 aromatic rings. The molecule has 2 nitrogen and oxygen atoms in total. The van der Waals surface area contributed by atoms with Gasteiger partial charge in [-0.3, -0.25) is 4.79 Å². The van der Waals surface area contributed by atoms with Gasteiger partial charge < -0.3 is 5.73 Å². The van der Waals surface area contributed by atoms with Gasteiger partial charge in [0.1, 0.15) is 5.78 Å². The Morgan fingerprint density at radius 2 is 1.93 bits per heavy atom. The van der Waals surface area contributed by atoms with Gasteiger partial charge in [0.15, 0.2) is 0 Å². The highest BCUT2D eigenvalue weighted by Crippen LogP contribution is 2.43. The summed E-state index contributed by atoms with van der Waals surface area (Å²) in [4.78, 5) is 11.1. The Balaban J connectivity index is 0.00000112. The molecule has 0 saturated heterocycles. The Kier molecular flexibility index (Phi) is 3.93. The number of hydrogen-bond acceptors (Lipinski definition) is 2. The van der Waals surface area contributed by atoms with Crippen LogP contribution < -0.4 is 5.73 Å². The maximum Gasteiger partial charge on any atom is 0.134 e. The molecule has 1 aliphatic rings. The first-order valence-corrected chi connectivity index (χ1v) is 5.44. The van der Waals surface area contributed by atoms with Crippen molar-refractivity contribution in [2.75, 3.05) is 6.54 Å². The monoisotopic (exact) mass is 289 g/mol. The fraction of sp³-hybridized carbons (Fsp3) is 0.364. The Labute approximate surface area is 104 Å². The first kappa shape index (κ1) is 12.7. The second-order valence-electron chi connectivity index (χ2n) is 3.86. The normalized spacial score (nSPS) is 17.9. The second kappa shape index (κ2) is 4.64. The molecule has 0 spiro atoms. The van der Waals surface area contributed by atoms with Crippen molar-refractivity contribution in [3.8, 4) is 0 Å². The summed E-state index contributed by atoms with van der Waals surface area (Å²) in [6.07, 6.45) is 1.18. The Morgan fingerprint density at radius 3 is 2.40 bits per heavy atom. The number of halogens is 2. The molecule has 0 aliphatic heterocycles. The number of benzene rings is 1. The third kappa shape index (κ3) is 2.10. The lowest BCUT2D eigenvalue weighted by atomic mass is 9.64. The van der Waals surface area contributed by atoms with Crippen LogP contribution in [0.5, 0.6) is 0 Å². The van der Waals surface area contributed by atoms with Crippen molar-refractivity contribution in [2.24, 2.45) is 5.73 Å². The van der Waals surface area contributed by atoms with Gasteiger partial charge in [0, 0.05) is 29.3 Å². The first-order valence-electron chi connectivity index (χ1n) is 4.65. The van der Waals surface area contributed by atoms with E-state index in [1.807, 2.05) is 24.3 Å². The van der Waals surface area contributed by atoms with Gasteiger partial charge >= 0.3 is 0 Å². The van der Waals surface area contributed by atoms with Crippen LogP contribution in [0, 0.1) is 0 Å². The van der Waals surface area contributed by atoms with Crippen molar-refractivity contribution >= 4 is 34.1 Å². The minimum Gasteiger partial charge on any atom is -0.330 e. The predicted molar refractivity (Wildman–Crippen MR) is 66.4 cm³/mol. The minimum atomic E-state index is -0.100. The van der Waals surface area contributed by atoms with Gasteiger partial charge in [-0.2, -0.15) is 0 Å². The largest absolute Gasteiger partial charge is 0.330 e. The lowest BCUT2D eigenvalue weighted by molar-refractivity contribution is -0.128. The third-order valence-corrected chi connectivity index (χ3v) is 3.60. The molecule has 0 atom stereocenters. The number of carbonyl (C=O) groups is 1. The van der Waals surface area contributed by atoms with Crippen LogP contribution in [0.3, 0.4) is 0 Å².